The summed E-state index contributed by atoms with van der Waals surface area (Å²) in [6.45, 7) is 10.7. The Morgan fingerprint density at radius 3 is 2.50 bits per heavy atom. The van der Waals surface area contributed by atoms with E-state index in [1.165, 1.54) is 5.01 Å². The van der Waals surface area contributed by atoms with E-state index in [4.69, 9.17) is 14.5 Å². The Kier molecular flexibility index (Phi) is 10.4. The van der Waals surface area contributed by atoms with Gasteiger partial charge in [-0.05, 0) is 82.4 Å². The first-order valence-electron chi connectivity index (χ1n) is 16.5. The molecule has 1 aromatic heterocycles. The van der Waals surface area contributed by atoms with Crippen molar-refractivity contribution in [1.82, 2.24) is 26.1 Å². The highest BCUT2D eigenvalue weighted by atomic mass is 16.5. The molecule has 5 bridgehead atoms. The second-order valence-corrected chi connectivity index (χ2v) is 13.7. The number of rotatable bonds is 3. The van der Waals surface area contributed by atoms with Crippen LogP contribution in [0.2, 0.25) is 0 Å². The van der Waals surface area contributed by atoms with Crippen molar-refractivity contribution in [2.24, 2.45) is 17.3 Å². The number of pyridine rings is 1. The molecule has 11 nitrogen and oxygen atoms in total. The van der Waals surface area contributed by atoms with Gasteiger partial charge in [0.1, 0.15) is 24.2 Å². The SMILES string of the molecule is CC(C)C1NC(=O)C(C)(C)/C=C/c2ccc3ccc(nc3c2)[C@@H](C)OC(=O)C2CCCN(N2)C(=O)C(CC2CCOCC2)NC1=O. The number of hydrazine groups is 1. The number of carbonyl (C=O) groups excluding carboxylic acids is 4. The monoisotopic (exact) mass is 633 g/mol. The number of aromatic nitrogens is 1. The van der Waals surface area contributed by atoms with Crippen LogP contribution in [0.25, 0.3) is 17.0 Å². The van der Waals surface area contributed by atoms with Crippen molar-refractivity contribution in [3.05, 3.63) is 47.7 Å². The molecule has 2 fully saturated rings. The van der Waals surface area contributed by atoms with Crippen molar-refractivity contribution < 1.29 is 28.7 Å². The van der Waals surface area contributed by atoms with Crippen LogP contribution in [0.4, 0.5) is 0 Å². The largest absolute Gasteiger partial charge is 0.455 e. The summed E-state index contributed by atoms with van der Waals surface area (Å²) in [6.07, 6.45) is 6.16. The van der Waals surface area contributed by atoms with E-state index in [-0.39, 0.29) is 23.7 Å². The Labute approximate surface area is 270 Å². The van der Waals surface area contributed by atoms with Crippen molar-refractivity contribution in [3.63, 3.8) is 0 Å². The Morgan fingerprint density at radius 1 is 1.02 bits per heavy atom. The lowest BCUT2D eigenvalue weighted by Gasteiger charge is -2.37. The summed E-state index contributed by atoms with van der Waals surface area (Å²) in [5.41, 5.74) is 4.34. The molecular weight excluding hydrogens is 586 g/mol. The summed E-state index contributed by atoms with van der Waals surface area (Å²) < 4.78 is 11.4. The molecule has 3 N–H and O–H groups in total. The lowest BCUT2D eigenvalue weighted by Crippen LogP contribution is -2.62. The van der Waals surface area contributed by atoms with Gasteiger partial charge in [0.15, 0.2) is 0 Å². The van der Waals surface area contributed by atoms with E-state index in [0.717, 1.165) is 29.3 Å². The first kappa shape index (κ1) is 33.5. The molecule has 0 spiro atoms. The van der Waals surface area contributed by atoms with Crippen molar-refractivity contribution in [3.8, 4) is 0 Å². The molecule has 2 aromatic rings. The Bertz CT molecular complexity index is 1480. The van der Waals surface area contributed by atoms with Gasteiger partial charge in [-0.3, -0.25) is 24.2 Å². The minimum atomic E-state index is -0.941. The van der Waals surface area contributed by atoms with Crippen molar-refractivity contribution in [1.29, 1.82) is 0 Å². The van der Waals surface area contributed by atoms with Crippen LogP contribution in [-0.4, -0.2) is 71.6 Å². The van der Waals surface area contributed by atoms with Crippen molar-refractivity contribution in [2.75, 3.05) is 19.8 Å². The maximum absolute atomic E-state index is 14.0. The van der Waals surface area contributed by atoms with Crippen molar-refractivity contribution in [2.45, 2.75) is 91.0 Å². The highest BCUT2D eigenvalue weighted by Crippen LogP contribution is 2.26. The molecule has 3 aliphatic heterocycles. The molecule has 11 heteroatoms. The summed E-state index contributed by atoms with van der Waals surface area (Å²) in [5.74, 6) is -1.56. The molecule has 1 aromatic carbocycles. The van der Waals surface area contributed by atoms with E-state index in [9.17, 15) is 19.2 Å². The summed E-state index contributed by atoms with van der Waals surface area (Å²) in [7, 11) is 0. The molecule has 4 atom stereocenters. The minimum Gasteiger partial charge on any atom is -0.455 e. The molecule has 0 radical (unpaired) electrons. The van der Waals surface area contributed by atoms with Gasteiger partial charge in [0, 0.05) is 25.1 Å². The summed E-state index contributed by atoms with van der Waals surface area (Å²) in [4.78, 5) is 59.6. The number of hydrogen-bond donors (Lipinski definition) is 3. The third kappa shape index (κ3) is 7.93. The highest BCUT2D eigenvalue weighted by Gasteiger charge is 2.37. The van der Waals surface area contributed by atoms with Gasteiger partial charge in [-0.15, -0.1) is 0 Å². The normalized spacial score (nSPS) is 27.7. The first-order valence-corrected chi connectivity index (χ1v) is 16.5. The highest BCUT2D eigenvalue weighted by molar-refractivity contribution is 5.94. The average molecular weight is 634 g/mol. The Morgan fingerprint density at radius 2 is 1.76 bits per heavy atom. The number of nitrogens with one attached hydrogen (secondary N) is 3. The fourth-order valence-corrected chi connectivity index (χ4v) is 6.14. The number of cyclic esters (lactones) is 1. The van der Waals surface area contributed by atoms with E-state index in [0.29, 0.717) is 44.7 Å². The number of esters is 1. The molecule has 3 aliphatic rings. The second-order valence-electron chi connectivity index (χ2n) is 13.7. The molecule has 2 saturated heterocycles. The number of amides is 3. The van der Waals surface area contributed by atoms with Crippen LogP contribution in [0, 0.1) is 17.3 Å². The number of benzene rings is 1. The Hall–Kier alpha value is -3.83. The zero-order valence-corrected chi connectivity index (χ0v) is 27.5. The van der Waals surface area contributed by atoms with Crippen LogP contribution >= 0.6 is 0 Å². The maximum atomic E-state index is 14.0. The van der Waals surface area contributed by atoms with Crippen LogP contribution in [0.5, 0.6) is 0 Å². The van der Waals surface area contributed by atoms with Crippen LogP contribution in [-0.2, 0) is 28.7 Å². The van der Waals surface area contributed by atoms with E-state index in [2.05, 4.69) is 16.1 Å². The Balaban J connectivity index is 1.49. The fraction of sp³-hybridized carbons (Fsp3) is 0.571. The quantitative estimate of drug-likeness (QED) is 0.434. The van der Waals surface area contributed by atoms with Gasteiger partial charge in [-0.1, -0.05) is 44.2 Å². The van der Waals surface area contributed by atoms with E-state index >= 15 is 0 Å². The number of fused-ring (bicyclic) bond motifs is 4. The molecule has 5 rings (SSSR count). The molecule has 3 unspecified atom stereocenters. The predicted molar refractivity (Wildman–Crippen MR) is 174 cm³/mol. The molecule has 0 aliphatic carbocycles. The number of carbonyl (C=O) groups is 4. The summed E-state index contributed by atoms with van der Waals surface area (Å²) in [5, 5.41) is 8.32. The maximum Gasteiger partial charge on any atom is 0.325 e. The van der Waals surface area contributed by atoms with Gasteiger partial charge in [0.2, 0.25) is 11.8 Å². The van der Waals surface area contributed by atoms with E-state index < -0.39 is 41.5 Å². The second kappa shape index (κ2) is 14.3. The summed E-state index contributed by atoms with van der Waals surface area (Å²) in [6, 6.07) is 7.19. The van der Waals surface area contributed by atoms with Gasteiger partial charge >= 0.3 is 5.97 Å². The average Bonchev–Trinajstić information content (AvgIpc) is 3.05. The number of nitrogens with zero attached hydrogens (tertiary/aromatic N) is 2. The van der Waals surface area contributed by atoms with Gasteiger partial charge in [-0.25, -0.2) is 10.4 Å². The zero-order chi connectivity index (χ0) is 33.0. The third-order valence-corrected chi connectivity index (χ3v) is 9.22. The third-order valence-electron chi connectivity index (χ3n) is 9.22. The van der Waals surface area contributed by atoms with Crippen LogP contribution in [0.1, 0.15) is 84.1 Å². The van der Waals surface area contributed by atoms with Gasteiger partial charge in [0.25, 0.3) is 5.91 Å². The first-order chi connectivity index (χ1) is 21.9. The summed E-state index contributed by atoms with van der Waals surface area (Å²) >= 11 is 0. The number of ether oxygens (including phenoxy) is 2. The number of hydrogen-bond acceptors (Lipinski definition) is 8. The zero-order valence-electron chi connectivity index (χ0n) is 27.5. The fourth-order valence-electron chi connectivity index (χ4n) is 6.14. The van der Waals surface area contributed by atoms with Gasteiger partial charge < -0.3 is 20.1 Å². The van der Waals surface area contributed by atoms with Crippen LogP contribution < -0.4 is 16.1 Å². The predicted octanol–water partition coefficient (Wildman–Crippen LogP) is 3.83. The van der Waals surface area contributed by atoms with E-state index in [1.54, 1.807) is 20.8 Å². The lowest BCUT2D eigenvalue weighted by molar-refractivity contribution is -0.157. The minimum absolute atomic E-state index is 0.183. The molecule has 46 heavy (non-hydrogen) atoms. The molecule has 0 saturated carbocycles. The lowest BCUT2D eigenvalue weighted by atomic mass is 9.89. The topological polar surface area (TPSA) is 139 Å². The smallest absolute Gasteiger partial charge is 0.325 e. The van der Waals surface area contributed by atoms with Gasteiger partial charge in [-0.2, -0.15) is 0 Å². The molecule has 248 valence electrons. The molecule has 4 heterocycles. The molecule has 3 amide bonds. The molecular formula is C35H47N5O6. The van der Waals surface area contributed by atoms with Crippen LogP contribution in [0.15, 0.2) is 36.4 Å². The van der Waals surface area contributed by atoms with E-state index in [1.807, 2.05) is 56.3 Å². The standard InChI is InChI=1S/C35H47N5O6/c1-21(2)30-31(41)37-29(20-24-13-17-45-18-14-24)32(42)40-16-6-7-27(39-40)33(43)46-22(3)26-11-10-25-9-8-23(19-28(25)36-26)12-15-35(4,5)34(44)38-30/h8-12,15,19,21-22,24,27,29-30,39H,6-7,13-14,16-18,20H2,1-5H3,(H,37,41)(H,38,44)/b15-12+/t22-,27?,29?,30?/m1/s1. The van der Waals surface area contributed by atoms with Crippen LogP contribution in [0.3, 0.4) is 0 Å². The van der Waals surface area contributed by atoms with Gasteiger partial charge in [0.05, 0.1) is 16.6 Å². The van der Waals surface area contributed by atoms with Crippen molar-refractivity contribution >= 4 is 40.7 Å².